The summed E-state index contributed by atoms with van der Waals surface area (Å²) in [5, 5.41) is 7.30. The van der Waals surface area contributed by atoms with Crippen molar-refractivity contribution in [3.63, 3.8) is 0 Å². The molecule has 0 spiro atoms. The van der Waals surface area contributed by atoms with Gasteiger partial charge in [-0.2, -0.15) is 0 Å². The second kappa shape index (κ2) is 11.8. The van der Waals surface area contributed by atoms with E-state index in [0.717, 1.165) is 56.2 Å². The molecule has 0 amide bonds. The zero-order valence-corrected chi connectivity index (χ0v) is 28.8. The quantitative estimate of drug-likeness (QED) is 0.183. The van der Waals surface area contributed by atoms with Crippen molar-refractivity contribution < 1.29 is 0 Å². The lowest BCUT2D eigenvalue weighted by atomic mass is 9.93. The highest BCUT2D eigenvalue weighted by Gasteiger charge is 2.29. The normalized spacial score (nSPS) is 14.1. The molecular formula is C48H36N2. The van der Waals surface area contributed by atoms with Gasteiger partial charge in [-0.15, -0.1) is 0 Å². The maximum Gasteiger partial charge on any atom is 0.0979 e. The van der Waals surface area contributed by atoms with Gasteiger partial charge in [0.15, 0.2) is 0 Å². The van der Waals surface area contributed by atoms with Crippen LogP contribution in [0.1, 0.15) is 33.4 Å². The van der Waals surface area contributed by atoms with Gasteiger partial charge in [0, 0.05) is 27.6 Å². The van der Waals surface area contributed by atoms with Crippen LogP contribution in [0.5, 0.6) is 0 Å². The molecule has 1 aliphatic rings. The molecule has 0 radical (unpaired) electrons. The molecule has 2 nitrogen and oxygen atoms in total. The molecule has 50 heavy (non-hydrogen) atoms. The van der Waals surface area contributed by atoms with Gasteiger partial charge in [-0.25, -0.2) is 9.98 Å². The van der Waals surface area contributed by atoms with Crippen LogP contribution in [0.15, 0.2) is 156 Å². The highest BCUT2D eigenvalue weighted by atomic mass is 14.8. The summed E-state index contributed by atoms with van der Waals surface area (Å²) in [6, 6.07) is 52.5. The van der Waals surface area contributed by atoms with Crippen LogP contribution in [-0.2, 0) is 0 Å². The monoisotopic (exact) mass is 640 g/mol. The summed E-state index contributed by atoms with van der Waals surface area (Å²) in [4.78, 5) is 11.4. The minimum Gasteiger partial charge on any atom is -0.245 e. The van der Waals surface area contributed by atoms with Crippen molar-refractivity contribution in [3.8, 4) is 22.3 Å². The standard InChI is InChI=1S/C48H36N2/c1-29-25-31(3)45(42(27-29)38-21-9-15-33-13-5-7-19-36(33)38)49-47-40-23-11-17-35-18-12-24-41(44(35)40)48(47)50-46-32(4)26-30(2)28-43(46)39-22-10-16-34-14-6-8-20-37(34)39/h5-28H,1-4H3. The Morgan fingerprint density at radius 3 is 1.18 bits per heavy atom. The van der Waals surface area contributed by atoms with Crippen LogP contribution in [0, 0.1) is 27.7 Å². The largest absolute Gasteiger partial charge is 0.245 e. The number of hydrogen-bond donors (Lipinski definition) is 0. The Morgan fingerprint density at radius 2 is 0.720 bits per heavy atom. The summed E-state index contributed by atoms with van der Waals surface area (Å²) in [5.74, 6) is 0. The zero-order valence-electron chi connectivity index (χ0n) is 28.8. The second-order valence-electron chi connectivity index (χ2n) is 13.6. The Kier molecular flexibility index (Phi) is 7.07. The summed E-state index contributed by atoms with van der Waals surface area (Å²) in [5.41, 5.74) is 15.4. The molecule has 0 atom stereocenters. The van der Waals surface area contributed by atoms with E-state index in [1.807, 2.05) is 0 Å². The number of nitrogens with zero attached hydrogens (tertiary/aromatic N) is 2. The molecule has 8 aromatic rings. The van der Waals surface area contributed by atoms with E-state index in [2.05, 4.69) is 173 Å². The lowest BCUT2D eigenvalue weighted by Gasteiger charge is -2.16. The average molecular weight is 641 g/mol. The van der Waals surface area contributed by atoms with Crippen LogP contribution < -0.4 is 0 Å². The molecule has 0 unspecified atom stereocenters. The number of fused-ring (bicyclic) bond motifs is 2. The molecule has 0 aliphatic heterocycles. The Morgan fingerprint density at radius 1 is 0.340 bits per heavy atom. The molecule has 0 saturated carbocycles. The summed E-state index contributed by atoms with van der Waals surface area (Å²) in [6.45, 7) is 8.71. The van der Waals surface area contributed by atoms with Crippen molar-refractivity contribution in [1.29, 1.82) is 0 Å². The van der Waals surface area contributed by atoms with Gasteiger partial charge in [-0.05, 0) is 89.0 Å². The van der Waals surface area contributed by atoms with Gasteiger partial charge in [-0.1, -0.05) is 145 Å². The average Bonchev–Trinajstić information content (AvgIpc) is 3.42. The van der Waals surface area contributed by atoms with Gasteiger partial charge in [0.25, 0.3) is 0 Å². The number of aliphatic imine (C=N–C) groups is 2. The molecule has 0 fully saturated rings. The summed E-state index contributed by atoms with van der Waals surface area (Å²) < 4.78 is 0. The van der Waals surface area contributed by atoms with Gasteiger partial charge in [-0.3, -0.25) is 0 Å². The lowest BCUT2D eigenvalue weighted by molar-refractivity contribution is 1.34. The zero-order chi connectivity index (χ0) is 33.9. The number of rotatable bonds is 4. The predicted molar refractivity (Wildman–Crippen MR) is 214 cm³/mol. The fraction of sp³-hybridized carbons (Fsp3) is 0.0833. The molecule has 0 saturated heterocycles. The smallest absolute Gasteiger partial charge is 0.0979 e. The molecular weight excluding hydrogens is 605 g/mol. The third kappa shape index (κ3) is 4.87. The van der Waals surface area contributed by atoms with Crippen LogP contribution in [0.3, 0.4) is 0 Å². The minimum atomic E-state index is 0.911. The van der Waals surface area contributed by atoms with Gasteiger partial charge in [0.2, 0.25) is 0 Å². The van der Waals surface area contributed by atoms with Crippen molar-refractivity contribution in [2.24, 2.45) is 9.98 Å². The van der Waals surface area contributed by atoms with E-state index < -0.39 is 0 Å². The Bertz CT molecular complexity index is 2550. The summed E-state index contributed by atoms with van der Waals surface area (Å²) in [6.07, 6.45) is 0. The molecule has 238 valence electrons. The molecule has 0 aromatic heterocycles. The highest BCUT2D eigenvalue weighted by Crippen LogP contribution is 2.43. The van der Waals surface area contributed by atoms with Crippen LogP contribution >= 0.6 is 0 Å². The maximum atomic E-state index is 5.68. The van der Waals surface area contributed by atoms with Gasteiger partial charge in [0.05, 0.1) is 22.8 Å². The van der Waals surface area contributed by atoms with Crippen molar-refractivity contribution in [2.45, 2.75) is 27.7 Å². The third-order valence-electron chi connectivity index (χ3n) is 10.1. The number of benzene rings is 8. The van der Waals surface area contributed by atoms with E-state index in [9.17, 15) is 0 Å². The molecule has 9 rings (SSSR count). The second-order valence-corrected chi connectivity index (χ2v) is 13.6. The molecule has 1 aliphatic carbocycles. The van der Waals surface area contributed by atoms with E-state index in [1.165, 1.54) is 54.6 Å². The first kappa shape index (κ1) is 30.0. The predicted octanol–water partition coefficient (Wildman–Crippen LogP) is 13.0. The molecule has 0 bridgehead atoms. The van der Waals surface area contributed by atoms with E-state index >= 15 is 0 Å². The van der Waals surface area contributed by atoms with E-state index in [0.29, 0.717) is 0 Å². The molecule has 2 heteroatoms. The molecule has 0 heterocycles. The summed E-state index contributed by atoms with van der Waals surface area (Å²) >= 11 is 0. The van der Waals surface area contributed by atoms with Crippen LogP contribution in [0.4, 0.5) is 11.4 Å². The Hall–Kier alpha value is -6.12. The van der Waals surface area contributed by atoms with E-state index in [1.54, 1.807) is 0 Å². The summed E-state index contributed by atoms with van der Waals surface area (Å²) in [7, 11) is 0. The first-order valence-electron chi connectivity index (χ1n) is 17.3. The van der Waals surface area contributed by atoms with Crippen LogP contribution in [-0.4, -0.2) is 11.4 Å². The Balaban J connectivity index is 1.34. The molecule has 8 aromatic carbocycles. The highest BCUT2D eigenvalue weighted by molar-refractivity contribution is 6.61. The van der Waals surface area contributed by atoms with Crippen LogP contribution in [0.2, 0.25) is 0 Å². The van der Waals surface area contributed by atoms with Crippen LogP contribution in [0.25, 0.3) is 54.6 Å². The maximum absolute atomic E-state index is 5.68. The third-order valence-corrected chi connectivity index (χ3v) is 10.1. The van der Waals surface area contributed by atoms with Gasteiger partial charge >= 0.3 is 0 Å². The topological polar surface area (TPSA) is 24.7 Å². The van der Waals surface area contributed by atoms with Gasteiger partial charge in [0.1, 0.15) is 0 Å². The fourth-order valence-electron chi connectivity index (χ4n) is 7.99. The van der Waals surface area contributed by atoms with E-state index in [4.69, 9.17) is 9.98 Å². The minimum absolute atomic E-state index is 0.911. The first-order chi connectivity index (χ1) is 24.4. The van der Waals surface area contributed by atoms with E-state index in [-0.39, 0.29) is 0 Å². The lowest BCUT2D eigenvalue weighted by Crippen LogP contribution is -2.11. The Labute approximate surface area is 293 Å². The van der Waals surface area contributed by atoms with Gasteiger partial charge < -0.3 is 0 Å². The van der Waals surface area contributed by atoms with Crippen molar-refractivity contribution >= 4 is 55.1 Å². The molecule has 0 N–H and O–H groups in total. The van der Waals surface area contributed by atoms with Crippen molar-refractivity contribution in [2.75, 3.05) is 0 Å². The SMILES string of the molecule is Cc1cc(C)c(N=C2C(=Nc3c(C)cc(C)cc3-c3cccc4ccccc34)c3cccc4cccc2c34)c(-c2cccc3ccccc23)c1. The fourth-order valence-corrected chi connectivity index (χ4v) is 7.99. The number of aryl methyl sites for hydroxylation is 4. The number of hydrogen-bond acceptors (Lipinski definition) is 2. The van der Waals surface area contributed by atoms with Crippen molar-refractivity contribution in [3.05, 3.63) is 179 Å². The van der Waals surface area contributed by atoms with Crippen molar-refractivity contribution in [1.82, 2.24) is 0 Å². The first-order valence-corrected chi connectivity index (χ1v) is 17.3.